The van der Waals surface area contributed by atoms with E-state index in [-0.39, 0.29) is 13.2 Å². The van der Waals surface area contributed by atoms with E-state index in [4.69, 9.17) is 10.8 Å². The highest BCUT2D eigenvalue weighted by atomic mass is 19.3. The lowest BCUT2D eigenvalue weighted by molar-refractivity contribution is -0.135. The van der Waals surface area contributed by atoms with Gasteiger partial charge in [-0.25, -0.2) is 8.78 Å². The Morgan fingerprint density at radius 2 is 2.14 bits per heavy atom. The van der Waals surface area contributed by atoms with Gasteiger partial charge in [-0.3, -0.25) is 4.79 Å². The number of aliphatic hydroxyl groups is 1. The maximum absolute atomic E-state index is 12.0. The van der Waals surface area contributed by atoms with E-state index >= 15 is 0 Å². The van der Waals surface area contributed by atoms with Crippen LogP contribution in [0, 0.1) is 0 Å². The fourth-order valence-corrected chi connectivity index (χ4v) is 0.988. The second-order valence-electron chi connectivity index (χ2n) is 2.91. The molecular formula is C8H16F2N2O2. The third-order valence-electron chi connectivity index (χ3n) is 1.80. The number of aliphatic hydroxyl groups excluding tert-OH is 1. The van der Waals surface area contributed by atoms with Crippen LogP contribution in [0.25, 0.3) is 0 Å². The predicted molar refractivity (Wildman–Crippen MR) is 47.9 cm³/mol. The average Bonchev–Trinajstić information content (AvgIpc) is 2.14. The van der Waals surface area contributed by atoms with Crippen molar-refractivity contribution in [1.29, 1.82) is 0 Å². The van der Waals surface area contributed by atoms with E-state index in [0.29, 0.717) is 6.42 Å². The van der Waals surface area contributed by atoms with Crippen molar-refractivity contribution < 1.29 is 18.7 Å². The molecule has 4 nitrogen and oxygen atoms in total. The Balaban J connectivity index is 4.24. The quantitative estimate of drug-likeness (QED) is 0.638. The van der Waals surface area contributed by atoms with E-state index < -0.39 is 24.9 Å². The van der Waals surface area contributed by atoms with Crippen molar-refractivity contribution in [2.24, 2.45) is 5.73 Å². The molecule has 0 aliphatic heterocycles. The van der Waals surface area contributed by atoms with Crippen LogP contribution < -0.4 is 5.73 Å². The Hall–Kier alpha value is -0.750. The van der Waals surface area contributed by atoms with E-state index in [9.17, 15) is 13.6 Å². The van der Waals surface area contributed by atoms with Gasteiger partial charge >= 0.3 is 0 Å². The molecule has 0 spiro atoms. The van der Waals surface area contributed by atoms with Gasteiger partial charge in [-0.2, -0.15) is 0 Å². The molecule has 0 aromatic heterocycles. The topological polar surface area (TPSA) is 66.6 Å². The standard InChI is InChI=1S/C8H16F2N2O2/c1-2-6(11)8(14)12(3-4-13)5-7(9)10/h6-7,13H,2-5,11H2,1H3/t6-/m0/s1. The normalized spacial score (nSPS) is 13.0. The second kappa shape index (κ2) is 6.67. The van der Waals surface area contributed by atoms with E-state index in [0.717, 1.165) is 4.90 Å². The molecule has 84 valence electrons. The molecule has 0 saturated carbocycles. The largest absolute Gasteiger partial charge is 0.395 e. The highest BCUT2D eigenvalue weighted by Gasteiger charge is 2.21. The van der Waals surface area contributed by atoms with Gasteiger partial charge in [-0.05, 0) is 6.42 Å². The van der Waals surface area contributed by atoms with Crippen molar-refractivity contribution >= 4 is 5.91 Å². The molecule has 0 heterocycles. The summed E-state index contributed by atoms with van der Waals surface area (Å²) >= 11 is 0. The molecule has 0 unspecified atom stereocenters. The molecule has 0 aliphatic carbocycles. The van der Waals surface area contributed by atoms with E-state index in [2.05, 4.69) is 0 Å². The smallest absolute Gasteiger partial charge is 0.255 e. The first kappa shape index (κ1) is 13.2. The summed E-state index contributed by atoms with van der Waals surface area (Å²) in [5.41, 5.74) is 5.41. The van der Waals surface area contributed by atoms with Gasteiger partial charge in [0.2, 0.25) is 5.91 Å². The highest BCUT2D eigenvalue weighted by molar-refractivity contribution is 5.81. The Labute approximate surface area is 81.7 Å². The van der Waals surface area contributed by atoms with Crippen LogP contribution in [0.1, 0.15) is 13.3 Å². The molecule has 6 heteroatoms. The molecule has 1 amide bonds. The molecule has 0 aliphatic rings. The molecule has 1 atom stereocenters. The summed E-state index contributed by atoms with van der Waals surface area (Å²) in [5, 5.41) is 8.57. The van der Waals surface area contributed by atoms with Gasteiger partial charge < -0.3 is 15.7 Å². The molecule has 0 aromatic carbocycles. The van der Waals surface area contributed by atoms with E-state index in [1.54, 1.807) is 6.92 Å². The number of halogens is 2. The summed E-state index contributed by atoms with van der Waals surface area (Å²) in [7, 11) is 0. The molecule has 0 rings (SSSR count). The van der Waals surface area contributed by atoms with Crippen LogP contribution >= 0.6 is 0 Å². The minimum atomic E-state index is -2.60. The first-order chi connectivity index (χ1) is 6.52. The highest BCUT2D eigenvalue weighted by Crippen LogP contribution is 2.02. The van der Waals surface area contributed by atoms with Gasteiger partial charge in [-0.1, -0.05) is 6.92 Å². The maximum atomic E-state index is 12.0. The maximum Gasteiger partial charge on any atom is 0.255 e. The summed E-state index contributed by atoms with van der Waals surface area (Å²) < 4.78 is 24.0. The van der Waals surface area contributed by atoms with E-state index in [1.807, 2.05) is 0 Å². The number of alkyl halides is 2. The summed E-state index contributed by atoms with van der Waals surface area (Å²) in [6.45, 7) is 0.584. The summed E-state index contributed by atoms with van der Waals surface area (Å²) in [4.78, 5) is 12.2. The lowest BCUT2D eigenvalue weighted by atomic mass is 10.2. The van der Waals surface area contributed by atoms with Crippen molar-refractivity contribution in [3.63, 3.8) is 0 Å². The van der Waals surface area contributed by atoms with Crippen LogP contribution in [0.5, 0.6) is 0 Å². The van der Waals surface area contributed by atoms with E-state index in [1.165, 1.54) is 0 Å². The van der Waals surface area contributed by atoms with Crippen molar-refractivity contribution in [3.05, 3.63) is 0 Å². The summed E-state index contributed by atoms with van der Waals surface area (Å²) in [6, 6.07) is -0.764. The number of hydrogen-bond donors (Lipinski definition) is 2. The molecule has 0 saturated heterocycles. The van der Waals surface area contributed by atoms with Gasteiger partial charge in [-0.15, -0.1) is 0 Å². The number of nitrogens with zero attached hydrogens (tertiary/aromatic N) is 1. The number of hydrogen-bond acceptors (Lipinski definition) is 3. The molecule has 0 radical (unpaired) electrons. The third kappa shape index (κ3) is 4.48. The van der Waals surface area contributed by atoms with Crippen LogP contribution in [0.15, 0.2) is 0 Å². The minimum absolute atomic E-state index is 0.100. The third-order valence-corrected chi connectivity index (χ3v) is 1.80. The minimum Gasteiger partial charge on any atom is -0.395 e. The average molecular weight is 210 g/mol. The molecule has 14 heavy (non-hydrogen) atoms. The van der Waals surface area contributed by atoms with Gasteiger partial charge in [0.25, 0.3) is 6.43 Å². The fourth-order valence-electron chi connectivity index (χ4n) is 0.988. The Morgan fingerprint density at radius 1 is 1.57 bits per heavy atom. The van der Waals surface area contributed by atoms with Crippen LogP contribution in [0.2, 0.25) is 0 Å². The SMILES string of the molecule is CC[C@H](N)C(=O)N(CCO)CC(F)F. The summed E-state index contributed by atoms with van der Waals surface area (Å²) in [5.74, 6) is -0.540. The van der Waals surface area contributed by atoms with Crippen LogP contribution in [-0.4, -0.2) is 48.1 Å². The Kier molecular flexibility index (Phi) is 6.31. The molecule has 0 fully saturated rings. The monoisotopic (exact) mass is 210 g/mol. The lowest BCUT2D eigenvalue weighted by Crippen LogP contribution is -2.46. The Bertz CT molecular complexity index is 179. The zero-order valence-corrected chi connectivity index (χ0v) is 8.12. The van der Waals surface area contributed by atoms with Gasteiger partial charge in [0, 0.05) is 6.54 Å². The zero-order valence-electron chi connectivity index (χ0n) is 8.12. The first-order valence-electron chi connectivity index (χ1n) is 4.46. The van der Waals surface area contributed by atoms with Gasteiger partial charge in [0.15, 0.2) is 0 Å². The molecule has 3 N–H and O–H groups in total. The summed E-state index contributed by atoms with van der Waals surface area (Å²) in [6.07, 6.45) is -2.21. The fraction of sp³-hybridized carbons (Fsp3) is 0.875. The number of carbonyl (C=O) groups excluding carboxylic acids is 1. The van der Waals surface area contributed by atoms with Crippen molar-refractivity contribution in [3.8, 4) is 0 Å². The van der Waals surface area contributed by atoms with Crippen LogP contribution in [0.4, 0.5) is 8.78 Å². The predicted octanol–water partition coefficient (Wildman–Crippen LogP) is -0.190. The van der Waals surface area contributed by atoms with Gasteiger partial charge in [0.05, 0.1) is 19.2 Å². The first-order valence-corrected chi connectivity index (χ1v) is 4.46. The number of rotatable bonds is 6. The number of carbonyl (C=O) groups is 1. The zero-order chi connectivity index (χ0) is 11.1. The number of amides is 1. The number of nitrogens with two attached hydrogens (primary N) is 1. The molecule has 0 aromatic rings. The van der Waals surface area contributed by atoms with Crippen molar-refractivity contribution in [2.75, 3.05) is 19.7 Å². The van der Waals surface area contributed by atoms with Gasteiger partial charge in [0.1, 0.15) is 0 Å². The molecular weight excluding hydrogens is 194 g/mol. The van der Waals surface area contributed by atoms with Crippen LogP contribution in [-0.2, 0) is 4.79 Å². The lowest BCUT2D eigenvalue weighted by Gasteiger charge is -2.23. The van der Waals surface area contributed by atoms with Crippen molar-refractivity contribution in [1.82, 2.24) is 4.90 Å². The molecule has 0 bridgehead atoms. The Morgan fingerprint density at radius 3 is 2.50 bits per heavy atom. The van der Waals surface area contributed by atoms with Crippen molar-refractivity contribution in [2.45, 2.75) is 25.8 Å². The second-order valence-corrected chi connectivity index (χ2v) is 2.91. The van der Waals surface area contributed by atoms with Crippen LogP contribution in [0.3, 0.4) is 0 Å².